The van der Waals surface area contributed by atoms with E-state index in [1.54, 1.807) is 0 Å². The lowest BCUT2D eigenvalue weighted by molar-refractivity contribution is -0.130. The van der Waals surface area contributed by atoms with Crippen LogP contribution in [0.25, 0.3) is 0 Å². The Bertz CT molecular complexity index is 427. The van der Waals surface area contributed by atoms with Crippen LogP contribution in [0.1, 0.15) is 25.3 Å². The van der Waals surface area contributed by atoms with Gasteiger partial charge in [-0.15, -0.1) is 0 Å². The molecule has 1 aliphatic rings. The van der Waals surface area contributed by atoms with E-state index in [0.717, 1.165) is 39.0 Å². The molecular formula is C16H25N3O. The molecule has 4 heteroatoms. The fourth-order valence-corrected chi connectivity index (χ4v) is 3.08. The van der Waals surface area contributed by atoms with Gasteiger partial charge in [-0.2, -0.15) is 0 Å². The largest absolute Gasteiger partial charge is 0.368 e. The van der Waals surface area contributed by atoms with Crippen molar-refractivity contribution < 1.29 is 4.79 Å². The van der Waals surface area contributed by atoms with Crippen molar-refractivity contribution in [1.82, 2.24) is 10.2 Å². The molecule has 20 heavy (non-hydrogen) atoms. The molecule has 0 aromatic heterocycles. The summed E-state index contributed by atoms with van der Waals surface area (Å²) in [6, 6.07) is 10.2. The van der Waals surface area contributed by atoms with Gasteiger partial charge in [0.25, 0.3) is 0 Å². The van der Waals surface area contributed by atoms with E-state index in [0.29, 0.717) is 6.42 Å². The number of benzene rings is 1. The van der Waals surface area contributed by atoms with E-state index in [2.05, 4.69) is 29.3 Å². The monoisotopic (exact) mass is 275 g/mol. The Balaban J connectivity index is 2.26. The molecule has 1 amide bonds. The van der Waals surface area contributed by atoms with Crippen LogP contribution >= 0.6 is 0 Å². The van der Waals surface area contributed by atoms with Crippen LogP contribution in [-0.2, 0) is 11.2 Å². The van der Waals surface area contributed by atoms with Crippen LogP contribution in [0.4, 0.5) is 0 Å². The molecule has 1 aliphatic heterocycles. The summed E-state index contributed by atoms with van der Waals surface area (Å²) >= 11 is 0. The first-order valence-electron chi connectivity index (χ1n) is 7.48. The van der Waals surface area contributed by atoms with Crippen molar-refractivity contribution in [2.24, 2.45) is 5.73 Å². The standard InChI is InChI=1S/C16H25N3O/c1-2-16(15(17)20,13-14-7-4-3-5-8-14)19-11-6-9-18-10-12-19/h3-5,7-8,18H,2,6,9-13H2,1H3,(H2,17,20). The maximum absolute atomic E-state index is 12.2. The zero-order valence-corrected chi connectivity index (χ0v) is 12.3. The highest BCUT2D eigenvalue weighted by Crippen LogP contribution is 2.25. The van der Waals surface area contributed by atoms with Crippen molar-refractivity contribution in [2.75, 3.05) is 26.2 Å². The smallest absolute Gasteiger partial charge is 0.238 e. The Morgan fingerprint density at radius 1 is 1.30 bits per heavy atom. The number of hydrogen-bond donors (Lipinski definition) is 2. The third-order valence-corrected chi connectivity index (χ3v) is 4.33. The lowest BCUT2D eigenvalue weighted by Crippen LogP contribution is -2.59. The van der Waals surface area contributed by atoms with E-state index in [1.807, 2.05) is 18.2 Å². The van der Waals surface area contributed by atoms with Gasteiger partial charge < -0.3 is 11.1 Å². The van der Waals surface area contributed by atoms with Gasteiger partial charge in [-0.05, 0) is 31.4 Å². The van der Waals surface area contributed by atoms with Gasteiger partial charge in [0, 0.05) is 19.6 Å². The first-order chi connectivity index (χ1) is 9.69. The number of rotatable bonds is 5. The first kappa shape index (κ1) is 15.0. The number of carbonyl (C=O) groups excluding carboxylic acids is 1. The number of carbonyl (C=O) groups is 1. The number of nitrogens with two attached hydrogens (primary N) is 1. The number of primary amides is 1. The van der Waals surface area contributed by atoms with Crippen molar-refractivity contribution >= 4 is 5.91 Å². The second-order valence-electron chi connectivity index (χ2n) is 5.50. The van der Waals surface area contributed by atoms with Gasteiger partial charge >= 0.3 is 0 Å². The summed E-state index contributed by atoms with van der Waals surface area (Å²) in [6.07, 6.45) is 2.50. The summed E-state index contributed by atoms with van der Waals surface area (Å²) in [5.41, 5.74) is 6.42. The quantitative estimate of drug-likeness (QED) is 0.848. The van der Waals surface area contributed by atoms with Gasteiger partial charge in [-0.3, -0.25) is 9.69 Å². The summed E-state index contributed by atoms with van der Waals surface area (Å²) in [6.45, 7) is 5.80. The van der Waals surface area contributed by atoms with Crippen LogP contribution in [-0.4, -0.2) is 42.5 Å². The zero-order chi connectivity index (χ0) is 14.4. The molecule has 4 nitrogen and oxygen atoms in total. The maximum Gasteiger partial charge on any atom is 0.238 e. The van der Waals surface area contributed by atoms with Gasteiger partial charge in [0.05, 0.1) is 0 Å². The highest BCUT2D eigenvalue weighted by atomic mass is 16.1. The molecule has 3 N–H and O–H groups in total. The summed E-state index contributed by atoms with van der Waals surface area (Å²) in [4.78, 5) is 14.5. The van der Waals surface area contributed by atoms with Crippen molar-refractivity contribution in [3.05, 3.63) is 35.9 Å². The Morgan fingerprint density at radius 3 is 2.70 bits per heavy atom. The molecule has 110 valence electrons. The van der Waals surface area contributed by atoms with Gasteiger partial charge in [0.15, 0.2) is 0 Å². The Hall–Kier alpha value is -1.39. The van der Waals surface area contributed by atoms with E-state index in [1.165, 1.54) is 5.56 Å². The fourth-order valence-electron chi connectivity index (χ4n) is 3.08. The lowest BCUT2D eigenvalue weighted by Gasteiger charge is -2.40. The molecular weight excluding hydrogens is 250 g/mol. The molecule has 1 aromatic rings. The van der Waals surface area contributed by atoms with Crippen LogP contribution in [0.3, 0.4) is 0 Å². The van der Waals surface area contributed by atoms with Crippen LogP contribution in [0.2, 0.25) is 0 Å². The molecule has 1 aromatic carbocycles. The van der Waals surface area contributed by atoms with Crippen molar-refractivity contribution in [1.29, 1.82) is 0 Å². The third-order valence-electron chi connectivity index (χ3n) is 4.33. The minimum atomic E-state index is -0.562. The molecule has 0 bridgehead atoms. The summed E-state index contributed by atoms with van der Waals surface area (Å²) in [7, 11) is 0. The van der Waals surface area contributed by atoms with Gasteiger partial charge in [-0.1, -0.05) is 37.3 Å². The Morgan fingerprint density at radius 2 is 2.05 bits per heavy atom. The SMILES string of the molecule is CCC(Cc1ccccc1)(C(N)=O)N1CCCNCC1. The first-order valence-corrected chi connectivity index (χ1v) is 7.48. The Labute approximate surface area is 121 Å². The Kier molecular flexibility index (Phi) is 5.15. The van der Waals surface area contributed by atoms with Gasteiger partial charge in [0.2, 0.25) is 5.91 Å². The van der Waals surface area contributed by atoms with E-state index >= 15 is 0 Å². The molecule has 1 fully saturated rings. The summed E-state index contributed by atoms with van der Waals surface area (Å²) in [5.74, 6) is -0.203. The average Bonchev–Trinajstić information content (AvgIpc) is 2.75. The number of hydrogen-bond acceptors (Lipinski definition) is 3. The van der Waals surface area contributed by atoms with Crippen molar-refractivity contribution in [3.63, 3.8) is 0 Å². The van der Waals surface area contributed by atoms with Crippen LogP contribution in [0, 0.1) is 0 Å². The third kappa shape index (κ3) is 3.19. The fraction of sp³-hybridized carbons (Fsp3) is 0.562. The number of nitrogens with one attached hydrogen (secondary N) is 1. The highest BCUT2D eigenvalue weighted by Gasteiger charge is 2.40. The molecule has 0 spiro atoms. The zero-order valence-electron chi connectivity index (χ0n) is 12.3. The molecule has 0 aliphatic carbocycles. The van der Waals surface area contributed by atoms with Crippen molar-refractivity contribution in [2.45, 2.75) is 31.7 Å². The minimum absolute atomic E-state index is 0.203. The molecule has 0 radical (unpaired) electrons. The van der Waals surface area contributed by atoms with E-state index in [9.17, 15) is 4.79 Å². The van der Waals surface area contributed by atoms with Crippen LogP contribution < -0.4 is 11.1 Å². The number of amides is 1. The predicted molar refractivity (Wildman–Crippen MR) is 81.4 cm³/mol. The number of nitrogens with zero attached hydrogens (tertiary/aromatic N) is 1. The molecule has 1 saturated heterocycles. The second-order valence-corrected chi connectivity index (χ2v) is 5.50. The molecule has 0 saturated carbocycles. The average molecular weight is 275 g/mol. The van der Waals surface area contributed by atoms with E-state index in [-0.39, 0.29) is 5.91 Å². The lowest BCUT2D eigenvalue weighted by atomic mass is 9.85. The maximum atomic E-state index is 12.2. The molecule has 2 rings (SSSR count). The topological polar surface area (TPSA) is 58.4 Å². The predicted octanol–water partition coefficient (Wildman–Crippen LogP) is 1.16. The summed E-state index contributed by atoms with van der Waals surface area (Å²) in [5, 5.41) is 3.38. The van der Waals surface area contributed by atoms with E-state index < -0.39 is 5.54 Å². The summed E-state index contributed by atoms with van der Waals surface area (Å²) < 4.78 is 0. The molecule has 1 unspecified atom stereocenters. The second kappa shape index (κ2) is 6.86. The normalized spacial score (nSPS) is 20.1. The molecule has 1 atom stereocenters. The van der Waals surface area contributed by atoms with E-state index in [4.69, 9.17) is 5.73 Å². The van der Waals surface area contributed by atoms with Gasteiger partial charge in [-0.25, -0.2) is 0 Å². The van der Waals surface area contributed by atoms with Crippen LogP contribution in [0.5, 0.6) is 0 Å². The highest BCUT2D eigenvalue weighted by molar-refractivity contribution is 5.85. The minimum Gasteiger partial charge on any atom is -0.368 e. The van der Waals surface area contributed by atoms with Gasteiger partial charge in [0.1, 0.15) is 5.54 Å². The van der Waals surface area contributed by atoms with Crippen molar-refractivity contribution in [3.8, 4) is 0 Å². The molecule has 1 heterocycles. The van der Waals surface area contributed by atoms with Crippen LogP contribution in [0.15, 0.2) is 30.3 Å².